The number of hydrogen-bond donors (Lipinski definition) is 3. The van der Waals surface area contributed by atoms with Crippen molar-refractivity contribution in [2.24, 2.45) is 0 Å². The van der Waals surface area contributed by atoms with E-state index in [1.807, 2.05) is 38.1 Å². The van der Waals surface area contributed by atoms with Crippen molar-refractivity contribution in [1.29, 1.82) is 0 Å². The van der Waals surface area contributed by atoms with Gasteiger partial charge in [0.1, 0.15) is 5.82 Å². The van der Waals surface area contributed by atoms with Crippen molar-refractivity contribution in [1.82, 2.24) is 9.97 Å². The average Bonchev–Trinajstić information content (AvgIpc) is 2.51. The first-order valence-electron chi connectivity index (χ1n) is 7.02. The molecule has 0 saturated carbocycles. The molecule has 1 heterocycles. The molecule has 2 rings (SSSR count). The van der Waals surface area contributed by atoms with Crippen LogP contribution < -0.4 is 10.6 Å². The molecule has 0 fully saturated rings. The highest BCUT2D eigenvalue weighted by Gasteiger charge is 2.22. The Morgan fingerprint density at radius 3 is 2.50 bits per heavy atom. The molecule has 1 aromatic heterocycles. The van der Waals surface area contributed by atoms with Crippen molar-refractivity contribution in [2.45, 2.75) is 32.3 Å². The van der Waals surface area contributed by atoms with Gasteiger partial charge in [-0.1, -0.05) is 26.0 Å². The standard InChI is InChI=1S/C15H22N4O/c1-4-15(20,5-2)10-17-13-11-8-6-7-9-12(11)18-14(16-3)19-13/h6-9,20H,4-5,10H2,1-3H3,(H2,16,17,18,19). The van der Waals surface area contributed by atoms with Gasteiger partial charge in [0, 0.05) is 19.0 Å². The maximum atomic E-state index is 10.4. The van der Waals surface area contributed by atoms with Crippen LogP contribution in [0.4, 0.5) is 11.8 Å². The molecular weight excluding hydrogens is 252 g/mol. The Balaban J connectivity index is 2.33. The molecule has 108 valence electrons. The summed E-state index contributed by atoms with van der Waals surface area (Å²) in [4.78, 5) is 8.86. The molecule has 0 aliphatic rings. The number of nitrogens with one attached hydrogen (secondary N) is 2. The highest BCUT2D eigenvalue weighted by atomic mass is 16.3. The van der Waals surface area contributed by atoms with Crippen LogP contribution in [0.5, 0.6) is 0 Å². The van der Waals surface area contributed by atoms with Crippen LogP contribution in [0, 0.1) is 0 Å². The molecule has 0 aliphatic heterocycles. The van der Waals surface area contributed by atoms with Gasteiger partial charge in [-0.25, -0.2) is 4.98 Å². The molecule has 0 amide bonds. The molecular formula is C15H22N4O. The summed E-state index contributed by atoms with van der Waals surface area (Å²) in [5, 5.41) is 17.6. The average molecular weight is 274 g/mol. The molecule has 0 spiro atoms. The van der Waals surface area contributed by atoms with Crippen LogP contribution in [0.2, 0.25) is 0 Å². The number of hydrogen-bond acceptors (Lipinski definition) is 5. The zero-order valence-electron chi connectivity index (χ0n) is 12.3. The topological polar surface area (TPSA) is 70.1 Å². The van der Waals surface area contributed by atoms with Crippen molar-refractivity contribution in [3.05, 3.63) is 24.3 Å². The minimum Gasteiger partial charge on any atom is -0.388 e. The van der Waals surface area contributed by atoms with Gasteiger partial charge in [-0.2, -0.15) is 4.98 Å². The molecule has 0 atom stereocenters. The summed E-state index contributed by atoms with van der Waals surface area (Å²) >= 11 is 0. The van der Waals surface area contributed by atoms with Gasteiger partial charge < -0.3 is 15.7 Å². The van der Waals surface area contributed by atoms with Crippen LogP contribution in [-0.4, -0.2) is 34.3 Å². The fraction of sp³-hybridized carbons (Fsp3) is 0.467. The quantitative estimate of drug-likeness (QED) is 0.755. The van der Waals surface area contributed by atoms with Gasteiger partial charge in [-0.15, -0.1) is 0 Å². The summed E-state index contributed by atoms with van der Waals surface area (Å²) in [6.07, 6.45) is 1.41. The molecule has 20 heavy (non-hydrogen) atoms. The SMILES string of the molecule is CCC(O)(CC)CNc1nc(NC)nc2ccccc12. The summed E-state index contributed by atoms with van der Waals surface area (Å²) in [5.41, 5.74) is 0.178. The first kappa shape index (κ1) is 14.5. The monoisotopic (exact) mass is 274 g/mol. The third-order valence-electron chi connectivity index (χ3n) is 3.73. The second-order valence-electron chi connectivity index (χ2n) is 4.95. The Labute approximate surface area is 119 Å². The van der Waals surface area contributed by atoms with Gasteiger partial charge in [0.2, 0.25) is 5.95 Å². The highest BCUT2D eigenvalue weighted by Crippen LogP contribution is 2.23. The molecule has 3 N–H and O–H groups in total. The highest BCUT2D eigenvalue weighted by molar-refractivity contribution is 5.90. The molecule has 5 nitrogen and oxygen atoms in total. The van der Waals surface area contributed by atoms with Crippen LogP contribution in [0.3, 0.4) is 0 Å². The maximum absolute atomic E-state index is 10.4. The van der Waals surface area contributed by atoms with Crippen LogP contribution in [-0.2, 0) is 0 Å². The van der Waals surface area contributed by atoms with E-state index in [1.54, 1.807) is 7.05 Å². The summed E-state index contributed by atoms with van der Waals surface area (Å²) in [6.45, 7) is 4.45. The minimum absolute atomic E-state index is 0.476. The van der Waals surface area contributed by atoms with Crippen LogP contribution in [0.25, 0.3) is 10.9 Å². The van der Waals surface area contributed by atoms with E-state index in [9.17, 15) is 5.11 Å². The Hall–Kier alpha value is -1.88. The third kappa shape index (κ3) is 2.99. The fourth-order valence-electron chi connectivity index (χ4n) is 2.07. The molecule has 1 aromatic carbocycles. The van der Waals surface area contributed by atoms with E-state index < -0.39 is 5.60 Å². The van der Waals surface area contributed by atoms with Crippen molar-refractivity contribution in [3.8, 4) is 0 Å². The number of nitrogens with zero attached hydrogens (tertiary/aromatic N) is 2. The molecule has 0 bridgehead atoms. The van der Waals surface area contributed by atoms with Crippen molar-refractivity contribution in [3.63, 3.8) is 0 Å². The van der Waals surface area contributed by atoms with Gasteiger partial charge >= 0.3 is 0 Å². The van der Waals surface area contributed by atoms with Crippen LogP contribution >= 0.6 is 0 Å². The van der Waals surface area contributed by atoms with E-state index in [0.29, 0.717) is 25.3 Å². The second-order valence-corrected chi connectivity index (χ2v) is 4.95. The van der Waals surface area contributed by atoms with Gasteiger partial charge in [-0.05, 0) is 25.0 Å². The first-order chi connectivity index (χ1) is 9.61. The molecule has 0 radical (unpaired) electrons. The summed E-state index contributed by atoms with van der Waals surface area (Å²) in [6, 6.07) is 7.84. The fourth-order valence-corrected chi connectivity index (χ4v) is 2.07. The van der Waals surface area contributed by atoms with E-state index >= 15 is 0 Å². The van der Waals surface area contributed by atoms with E-state index in [2.05, 4.69) is 20.6 Å². The molecule has 2 aromatic rings. The van der Waals surface area contributed by atoms with Gasteiger partial charge in [0.05, 0.1) is 11.1 Å². The zero-order valence-corrected chi connectivity index (χ0v) is 12.3. The number of aromatic nitrogens is 2. The number of rotatable bonds is 6. The van der Waals surface area contributed by atoms with E-state index in [1.165, 1.54) is 0 Å². The minimum atomic E-state index is -0.703. The molecule has 5 heteroatoms. The zero-order chi connectivity index (χ0) is 14.6. The Kier molecular flexibility index (Phi) is 4.39. The summed E-state index contributed by atoms with van der Waals surface area (Å²) in [5.74, 6) is 1.32. The predicted molar refractivity (Wildman–Crippen MR) is 83.1 cm³/mol. The maximum Gasteiger partial charge on any atom is 0.224 e. The Morgan fingerprint density at radius 2 is 1.85 bits per heavy atom. The third-order valence-corrected chi connectivity index (χ3v) is 3.73. The number of aliphatic hydroxyl groups is 1. The van der Waals surface area contributed by atoms with Gasteiger partial charge in [0.15, 0.2) is 0 Å². The first-order valence-corrected chi connectivity index (χ1v) is 7.02. The number of anilines is 2. The predicted octanol–water partition coefficient (Wildman–Crippen LogP) is 2.63. The molecule has 0 saturated heterocycles. The lowest BCUT2D eigenvalue weighted by Gasteiger charge is -2.26. The Bertz CT molecular complexity index is 581. The number of para-hydroxylation sites is 1. The Morgan fingerprint density at radius 1 is 1.15 bits per heavy atom. The summed E-state index contributed by atoms with van der Waals surface area (Å²) < 4.78 is 0. The van der Waals surface area contributed by atoms with Crippen LogP contribution in [0.1, 0.15) is 26.7 Å². The summed E-state index contributed by atoms with van der Waals surface area (Å²) in [7, 11) is 1.79. The normalized spacial score (nSPS) is 11.6. The van der Waals surface area contributed by atoms with Crippen molar-refractivity contribution >= 4 is 22.7 Å². The van der Waals surface area contributed by atoms with E-state index in [0.717, 1.165) is 16.7 Å². The van der Waals surface area contributed by atoms with E-state index in [-0.39, 0.29) is 0 Å². The largest absolute Gasteiger partial charge is 0.388 e. The lowest BCUT2D eigenvalue weighted by atomic mass is 9.97. The lowest BCUT2D eigenvalue weighted by Crippen LogP contribution is -2.35. The number of fused-ring (bicyclic) bond motifs is 1. The second kappa shape index (κ2) is 6.05. The van der Waals surface area contributed by atoms with E-state index in [4.69, 9.17) is 0 Å². The molecule has 0 aliphatic carbocycles. The lowest BCUT2D eigenvalue weighted by molar-refractivity contribution is 0.0456. The van der Waals surface area contributed by atoms with Gasteiger partial charge in [0.25, 0.3) is 0 Å². The number of benzene rings is 1. The van der Waals surface area contributed by atoms with Crippen LogP contribution in [0.15, 0.2) is 24.3 Å². The van der Waals surface area contributed by atoms with Crippen molar-refractivity contribution < 1.29 is 5.11 Å². The van der Waals surface area contributed by atoms with Gasteiger partial charge in [-0.3, -0.25) is 0 Å². The smallest absolute Gasteiger partial charge is 0.224 e. The molecule has 0 unspecified atom stereocenters. The van der Waals surface area contributed by atoms with Crippen molar-refractivity contribution in [2.75, 3.05) is 24.2 Å².